The zero-order chi connectivity index (χ0) is 27.7. The lowest BCUT2D eigenvalue weighted by Crippen LogP contribution is -2.07. The lowest BCUT2D eigenvalue weighted by atomic mass is 9.93. The molecule has 0 aliphatic carbocycles. The quantitative estimate of drug-likeness (QED) is 0.209. The van der Waals surface area contributed by atoms with E-state index in [9.17, 15) is 0 Å². The molecule has 200 valence electrons. The predicted octanol–water partition coefficient (Wildman–Crippen LogP) is 8.04. The van der Waals surface area contributed by atoms with Crippen LogP contribution < -0.4 is 0 Å². The molecule has 1 aromatic carbocycles. The van der Waals surface area contributed by atoms with Gasteiger partial charge in [-0.25, -0.2) is 9.97 Å². The molecule has 1 unspecified atom stereocenters. The molecule has 0 saturated heterocycles. The second kappa shape index (κ2) is 11.1. The van der Waals surface area contributed by atoms with Gasteiger partial charge in [0, 0.05) is 34.2 Å². The first-order chi connectivity index (χ1) is 18.7. The van der Waals surface area contributed by atoms with E-state index in [1.165, 1.54) is 45.0 Å². The van der Waals surface area contributed by atoms with Crippen molar-refractivity contribution in [1.82, 2.24) is 19.1 Å². The van der Waals surface area contributed by atoms with Crippen molar-refractivity contribution in [2.75, 3.05) is 0 Å². The van der Waals surface area contributed by atoms with Crippen LogP contribution >= 0.6 is 0 Å². The van der Waals surface area contributed by atoms with Gasteiger partial charge in [0.05, 0.1) is 0 Å². The van der Waals surface area contributed by atoms with Crippen molar-refractivity contribution >= 4 is 0 Å². The van der Waals surface area contributed by atoms with Crippen LogP contribution in [-0.4, -0.2) is 19.1 Å². The monoisotopic (exact) mass is 516 g/mol. The Labute approximate surface area is 233 Å². The Hall–Kier alpha value is -3.92. The second-order valence-corrected chi connectivity index (χ2v) is 11.2. The standard InChI is InChI=1S/C35H40N4/c1-23-17-32(36-34(19-23)38-26(4)11-12-27(38)5)16-15-30-9-8-10-31(22-30)25(3)21-33-18-24(2)20-35(37-33)39-28(6)13-14-29(39)7/h8-14,17-20,22,25H,15-16,21H2,1-7H3. The fourth-order valence-electron chi connectivity index (χ4n) is 5.72. The molecule has 0 amide bonds. The highest BCUT2D eigenvalue weighted by Gasteiger charge is 2.13. The summed E-state index contributed by atoms with van der Waals surface area (Å²) in [6.07, 6.45) is 2.80. The normalized spacial score (nSPS) is 12.2. The summed E-state index contributed by atoms with van der Waals surface area (Å²) in [5.41, 5.74) is 12.4. The third-order valence-corrected chi connectivity index (χ3v) is 7.72. The highest BCUT2D eigenvalue weighted by molar-refractivity contribution is 5.38. The van der Waals surface area contributed by atoms with Gasteiger partial charge in [0.2, 0.25) is 0 Å². The molecule has 0 spiro atoms. The Bertz CT molecular complexity index is 1580. The van der Waals surface area contributed by atoms with E-state index in [0.29, 0.717) is 5.92 Å². The van der Waals surface area contributed by atoms with E-state index in [2.05, 4.69) is 130 Å². The molecule has 4 heteroatoms. The van der Waals surface area contributed by atoms with Gasteiger partial charge in [-0.2, -0.15) is 0 Å². The predicted molar refractivity (Wildman–Crippen MR) is 162 cm³/mol. The smallest absolute Gasteiger partial charge is 0.137 e. The third kappa shape index (κ3) is 5.90. The third-order valence-electron chi connectivity index (χ3n) is 7.72. The second-order valence-electron chi connectivity index (χ2n) is 11.2. The average Bonchev–Trinajstić information content (AvgIpc) is 3.41. The fraction of sp³-hybridized carbons (Fsp3) is 0.314. The first-order valence-electron chi connectivity index (χ1n) is 14.0. The molecule has 0 fully saturated rings. The maximum Gasteiger partial charge on any atom is 0.137 e. The Balaban J connectivity index is 1.31. The maximum absolute atomic E-state index is 5.06. The number of hydrogen-bond donors (Lipinski definition) is 0. The van der Waals surface area contributed by atoms with Gasteiger partial charge in [0.15, 0.2) is 0 Å². The highest BCUT2D eigenvalue weighted by atomic mass is 15.1. The SMILES string of the molecule is Cc1cc(CCc2cccc(C(C)Cc3cc(C)cc(-n4c(C)ccc4C)n3)c2)nc(-n2c(C)ccc2C)c1. The van der Waals surface area contributed by atoms with E-state index in [0.717, 1.165) is 42.3 Å². The maximum atomic E-state index is 5.06. The summed E-state index contributed by atoms with van der Waals surface area (Å²) < 4.78 is 4.48. The van der Waals surface area contributed by atoms with Crippen LogP contribution in [0.25, 0.3) is 11.6 Å². The number of pyridine rings is 2. The van der Waals surface area contributed by atoms with Crippen LogP contribution in [0.5, 0.6) is 0 Å². The zero-order valence-corrected chi connectivity index (χ0v) is 24.4. The van der Waals surface area contributed by atoms with E-state index in [1.54, 1.807) is 0 Å². The Morgan fingerprint density at radius 2 is 1.10 bits per heavy atom. The van der Waals surface area contributed by atoms with Crippen molar-refractivity contribution < 1.29 is 0 Å². The van der Waals surface area contributed by atoms with Gasteiger partial charge in [-0.05, 0) is 138 Å². The molecular formula is C35H40N4. The molecule has 4 aromatic heterocycles. The van der Waals surface area contributed by atoms with Gasteiger partial charge in [-0.15, -0.1) is 0 Å². The van der Waals surface area contributed by atoms with Crippen molar-refractivity contribution in [2.45, 2.75) is 73.6 Å². The van der Waals surface area contributed by atoms with Gasteiger partial charge in [-0.3, -0.25) is 0 Å². The molecule has 0 radical (unpaired) electrons. The molecule has 4 nitrogen and oxygen atoms in total. The van der Waals surface area contributed by atoms with E-state index in [1.807, 2.05) is 0 Å². The molecule has 0 N–H and O–H groups in total. The van der Waals surface area contributed by atoms with E-state index < -0.39 is 0 Å². The van der Waals surface area contributed by atoms with Gasteiger partial charge < -0.3 is 9.13 Å². The van der Waals surface area contributed by atoms with Crippen LogP contribution in [0.2, 0.25) is 0 Å². The van der Waals surface area contributed by atoms with Gasteiger partial charge in [0.1, 0.15) is 11.6 Å². The van der Waals surface area contributed by atoms with E-state index in [-0.39, 0.29) is 0 Å². The molecular weight excluding hydrogens is 476 g/mol. The number of hydrogen-bond acceptors (Lipinski definition) is 2. The average molecular weight is 517 g/mol. The first kappa shape index (κ1) is 26.7. The van der Waals surface area contributed by atoms with Crippen molar-refractivity contribution in [1.29, 1.82) is 0 Å². The highest BCUT2D eigenvalue weighted by Crippen LogP contribution is 2.24. The molecule has 5 rings (SSSR count). The van der Waals surface area contributed by atoms with Crippen LogP contribution in [0.1, 0.15) is 69.3 Å². The molecule has 0 aliphatic heterocycles. The Kier molecular flexibility index (Phi) is 7.56. The molecule has 0 saturated carbocycles. The summed E-state index contributed by atoms with van der Waals surface area (Å²) >= 11 is 0. The molecule has 0 aliphatic rings. The summed E-state index contributed by atoms with van der Waals surface area (Å²) in [6, 6.07) is 26.5. The summed E-state index contributed by atoms with van der Waals surface area (Å²) in [4.78, 5) is 10.1. The molecule has 39 heavy (non-hydrogen) atoms. The van der Waals surface area contributed by atoms with Crippen molar-refractivity contribution in [2.24, 2.45) is 0 Å². The summed E-state index contributed by atoms with van der Waals surface area (Å²) in [7, 11) is 0. The van der Waals surface area contributed by atoms with Crippen LogP contribution in [0.15, 0.2) is 72.8 Å². The topological polar surface area (TPSA) is 35.6 Å². The van der Waals surface area contributed by atoms with Gasteiger partial charge >= 0.3 is 0 Å². The summed E-state index contributed by atoms with van der Waals surface area (Å²) in [5, 5.41) is 0. The van der Waals surface area contributed by atoms with Crippen LogP contribution in [0.4, 0.5) is 0 Å². The molecule has 5 aromatic rings. The van der Waals surface area contributed by atoms with Crippen LogP contribution in [0, 0.1) is 41.5 Å². The molecule has 4 heterocycles. The first-order valence-corrected chi connectivity index (χ1v) is 14.0. The van der Waals surface area contributed by atoms with Gasteiger partial charge in [-0.1, -0.05) is 31.2 Å². The lowest BCUT2D eigenvalue weighted by molar-refractivity contribution is 0.732. The lowest BCUT2D eigenvalue weighted by Gasteiger charge is -2.16. The van der Waals surface area contributed by atoms with E-state index in [4.69, 9.17) is 9.97 Å². The number of aromatic nitrogens is 4. The number of benzene rings is 1. The minimum atomic E-state index is 0.377. The van der Waals surface area contributed by atoms with Crippen LogP contribution in [0.3, 0.4) is 0 Å². The minimum absolute atomic E-state index is 0.377. The number of nitrogens with zero attached hydrogens (tertiary/aromatic N) is 4. The fourth-order valence-corrected chi connectivity index (χ4v) is 5.72. The summed E-state index contributed by atoms with van der Waals surface area (Å²) in [5.74, 6) is 2.41. The number of rotatable bonds is 8. The summed E-state index contributed by atoms with van der Waals surface area (Å²) in [6.45, 7) is 15.2. The Morgan fingerprint density at radius 1 is 0.590 bits per heavy atom. The minimum Gasteiger partial charge on any atom is -0.303 e. The molecule has 0 bridgehead atoms. The van der Waals surface area contributed by atoms with Crippen molar-refractivity contribution in [3.05, 3.63) is 129 Å². The Morgan fingerprint density at radius 3 is 1.67 bits per heavy atom. The number of aryl methyl sites for hydroxylation is 8. The van der Waals surface area contributed by atoms with E-state index >= 15 is 0 Å². The molecule has 1 atom stereocenters. The van der Waals surface area contributed by atoms with Crippen molar-refractivity contribution in [3.63, 3.8) is 0 Å². The largest absolute Gasteiger partial charge is 0.303 e. The van der Waals surface area contributed by atoms with Crippen LogP contribution in [-0.2, 0) is 19.3 Å². The van der Waals surface area contributed by atoms with Crippen molar-refractivity contribution in [3.8, 4) is 11.6 Å². The van der Waals surface area contributed by atoms with Gasteiger partial charge in [0.25, 0.3) is 0 Å². The zero-order valence-electron chi connectivity index (χ0n) is 24.4.